The lowest BCUT2D eigenvalue weighted by molar-refractivity contribution is 0.174. The van der Waals surface area contributed by atoms with Gasteiger partial charge >= 0.3 is 0 Å². The molecule has 1 aromatic carbocycles. The second-order valence-electron chi connectivity index (χ2n) is 5.22. The summed E-state index contributed by atoms with van der Waals surface area (Å²) >= 11 is 6.14. The van der Waals surface area contributed by atoms with Crippen LogP contribution in [0.4, 0.5) is 0 Å². The van der Waals surface area contributed by atoms with Crippen LogP contribution in [0.5, 0.6) is 11.5 Å². The quantitative estimate of drug-likeness (QED) is 0.886. The van der Waals surface area contributed by atoms with E-state index >= 15 is 0 Å². The van der Waals surface area contributed by atoms with Gasteiger partial charge < -0.3 is 14.8 Å². The lowest BCUT2D eigenvalue weighted by atomic mass is 10.0. The summed E-state index contributed by atoms with van der Waals surface area (Å²) in [6.45, 7) is 7.72. The zero-order valence-electron chi connectivity index (χ0n) is 11.1. The molecule has 1 unspecified atom stereocenters. The Morgan fingerprint density at radius 2 is 2.06 bits per heavy atom. The van der Waals surface area contributed by atoms with Crippen LogP contribution < -0.4 is 14.8 Å². The van der Waals surface area contributed by atoms with Gasteiger partial charge in [-0.3, -0.25) is 0 Å². The lowest BCUT2D eigenvalue weighted by Gasteiger charge is -2.16. The molecule has 0 bridgehead atoms. The fraction of sp³-hybridized carbons (Fsp3) is 0.571. The maximum Gasteiger partial charge on any atom is 0.231 e. The highest BCUT2D eigenvalue weighted by Crippen LogP contribution is 2.39. The number of ether oxygens (including phenoxy) is 2. The van der Waals surface area contributed by atoms with Gasteiger partial charge in [-0.05, 0) is 37.0 Å². The topological polar surface area (TPSA) is 30.5 Å². The minimum Gasteiger partial charge on any atom is -0.454 e. The van der Waals surface area contributed by atoms with Crippen LogP contribution in [-0.2, 0) is 6.54 Å². The molecular formula is C14H20ClNO2. The van der Waals surface area contributed by atoms with Crippen molar-refractivity contribution in [2.24, 2.45) is 5.92 Å². The molecule has 100 valence electrons. The molecule has 0 saturated heterocycles. The molecule has 0 aliphatic carbocycles. The smallest absolute Gasteiger partial charge is 0.231 e. The van der Waals surface area contributed by atoms with E-state index in [0.29, 0.717) is 22.7 Å². The molecule has 0 saturated carbocycles. The summed E-state index contributed by atoms with van der Waals surface area (Å²) in [5.41, 5.74) is 1.12. The fourth-order valence-corrected chi connectivity index (χ4v) is 2.49. The fourth-order valence-electron chi connectivity index (χ4n) is 2.21. The summed E-state index contributed by atoms with van der Waals surface area (Å²) in [7, 11) is 0. The van der Waals surface area contributed by atoms with Crippen molar-refractivity contribution in [3.8, 4) is 11.5 Å². The number of hydrogen-bond donors (Lipinski definition) is 1. The van der Waals surface area contributed by atoms with Gasteiger partial charge in [0.05, 0.1) is 5.02 Å². The van der Waals surface area contributed by atoms with E-state index in [1.54, 1.807) is 0 Å². The lowest BCUT2D eigenvalue weighted by Crippen LogP contribution is -2.26. The van der Waals surface area contributed by atoms with E-state index < -0.39 is 0 Å². The summed E-state index contributed by atoms with van der Waals surface area (Å²) in [5.74, 6) is 2.11. The predicted molar refractivity (Wildman–Crippen MR) is 73.3 cm³/mol. The molecule has 0 aromatic heterocycles. The first-order chi connectivity index (χ1) is 8.56. The molecule has 1 aromatic rings. The second-order valence-corrected chi connectivity index (χ2v) is 5.63. The van der Waals surface area contributed by atoms with E-state index in [-0.39, 0.29) is 6.79 Å². The SMILES string of the molecule is CC(C)CC(C)NCc1cc(Cl)c2c(c1)OCO2. The van der Waals surface area contributed by atoms with Crippen LogP contribution in [-0.4, -0.2) is 12.8 Å². The van der Waals surface area contributed by atoms with Gasteiger partial charge in [0.2, 0.25) is 6.79 Å². The van der Waals surface area contributed by atoms with Crippen molar-refractivity contribution < 1.29 is 9.47 Å². The van der Waals surface area contributed by atoms with Crippen LogP contribution in [0.1, 0.15) is 32.8 Å². The molecule has 1 heterocycles. The van der Waals surface area contributed by atoms with Crippen molar-refractivity contribution in [3.63, 3.8) is 0 Å². The number of nitrogens with one attached hydrogen (secondary N) is 1. The van der Waals surface area contributed by atoms with Gasteiger partial charge in [-0.15, -0.1) is 0 Å². The first-order valence-electron chi connectivity index (χ1n) is 6.37. The van der Waals surface area contributed by atoms with E-state index in [4.69, 9.17) is 21.1 Å². The maximum atomic E-state index is 6.14. The average molecular weight is 270 g/mol. The van der Waals surface area contributed by atoms with Gasteiger partial charge in [0.25, 0.3) is 0 Å². The van der Waals surface area contributed by atoms with Gasteiger partial charge in [-0.2, -0.15) is 0 Å². The zero-order chi connectivity index (χ0) is 13.1. The van der Waals surface area contributed by atoms with Crippen molar-refractivity contribution in [2.45, 2.75) is 39.8 Å². The molecule has 1 aliphatic heterocycles. The first kappa shape index (κ1) is 13.5. The van der Waals surface area contributed by atoms with E-state index in [1.165, 1.54) is 0 Å². The molecule has 3 nitrogen and oxygen atoms in total. The molecule has 0 amide bonds. The van der Waals surface area contributed by atoms with Crippen LogP contribution in [0.3, 0.4) is 0 Å². The molecule has 0 spiro atoms. The minimum absolute atomic E-state index is 0.260. The van der Waals surface area contributed by atoms with Gasteiger partial charge in [0.15, 0.2) is 11.5 Å². The van der Waals surface area contributed by atoms with E-state index in [0.717, 1.165) is 24.3 Å². The molecule has 0 fully saturated rings. The highest BCUT2D eigenvalue weighted by Gasteiger charge is 2.18. The third-order valence-electron chi connectivity index (χ3n) is 2.97. The molecule has 1 atom stereocenters. The third-order valence-corrected chi connectivity index (χ3v) is 3.25. The largest absolute Gasteiger partial charge is 0.454 e. The highest BCUT2D eigenvalue weighted by molar-refractivity contribution is 6.32. The average Bonchev–Trinajstić information content (AvgIpc) is 2.74. The van der Waals surface area contributed by atoms with E-state index in [9.17, 15) is 0 Å². The van der Waals surface area contributed by atoms with Crippen LogP contribution >= 0.6 is 11.6 Å². The number of fused-ring (bicyclic) bond motifs is 1. The van der Waals surface area contributed by atoms with E-state index in [1.807, 2.05) is 12.1 Å². The Balaban J connectivity index is 1.96. The Hall–Kier alpha value is -0.930. The second kappa shape index (κ2) is 5.81. The molecule has 18 heavy (non-hydrogen) atoms. The van der Waals surface area contributed by atoms with Crippen LogP contribution in [0.2, 0.25) is 5.02 Å². The molecule has 2 rings (SSSR count). The molecule has 4 heteroatoms. The summed E-state index contributed by atoms with van der Waals surface area (Å²) in [5, 5.41) is 4.12. The van der Waals surface area contributed by atoms with Gasteiger partial charge in [0, 0.05) is 12.6 Å². The Morgan fingerprint density at radius 1 is 1.28 bits per heavy atom. The van der Waals surface area contributed by atoms with Crippen LogP contribution in [0, 0.1) is 5.92 Å². The Labute approximate surface area is 113 Å². The van der Waals surface area contributed by atoms with Crippen molar-refractivity contribution in [1.82, 2.24) is 5.32 Å². The normalized spacial score (nSPS) is 15.2. The number of hydrogen-bond acceptors (Lipinski definition) is 3. The maximum absolute atomic E-state index is 6.14. The molecular weight excluding hydrogens is 250 g/mol. The number of benzene rings is 1. The summed E-state index contributed by atoms with van der Waals surface area (Å²) < 4.78 is 10.6. The summed E-state index contributed by atoms with van der Waals surface area (Å²) in [6, 6.07) is 4.42. The van der Waals surface area contributed by atoms with Gasteiger partial charge in [-0.1, -0.05) is 25.4 Å². The van der Waals surface area contributed by atoms with Crippen molar-refractivity contribution in [3.05, 3.63) is 22.7 Å². The van der Waals surface area contributed by atoms with Gasteiger partial charge in [0.1, 0.15) is 0 Å². The Morgan fingerprint density at radius 3 is 2.78 bits per heavy atom. The summed E-state index contributed by atoms with van der Waals surface area (Å²) in [4.78, 5) is 0. The highest BCUT2D eigenvalue weighted by atomic mass is 35.5. The predicted octanol–water partition coefficient (Wildman–Crippen LogP) is 3.59. The summed E-state index contributed by atoms with van der Waals surface area (Å²) in [6.07, 6.45) is 1.16. The molecule has 1 N–H and O–H groups in total. The van der Waals surface area contributed by atoms with E-state index in [2.05, 4.69) is 26.1 Å². The Kier molecular flexibility index (Phi) is 4.36. The number of halogens is 1. The van der Waals surface area contributed by atoms with Crippen LogP contribution in [0.15, 0.2) is 12.1 Å². The third kappa shape index (κ3) is 3.30. The van der Waals surface area contributed by atoms with Gasteiger partial charge in [-0.25, -0.2) is 0 Å². The monoisotopic (exact) mass is 269 g/mol. The minimum atomic E-state index is 0.260. The first-order valence-corrected chi connectivity index (χ1v) is 6.75. The van der Waals surface area contributed by atoms with Crippen molar-refractivity contribution in [2.75, 3.05) is 6.79 Å². The van der Waals surface area contributed by atoms with Crippen LogP contribution in [0.25, 0.3) is 0 Å². The molecule has 0 radical (unpaired) electrons. The molecule has 1 aliphatic rings. The number of rotatable bonds is 5. The van der Waals surface area contributed by atoms with Crippen molar-refractivity contribution in [1.29, 1.82) is 0 Å². The Bertz CT molecular complexity index is 421. The zero-order valence-corrected chi connectivity index (χ0v) is 11.9. The standard InChI is InChI=1S/C14H20ClNO2/c1-9(2)4-10(3)16-7-11-5-12(15)14-13(6-11)17-8-18-14/h5-6,9-10,16H,4,7-8H2,1-3H3. The van der Waals surface area contributed by atoms with Crippen molar-refractivity contribution >= 4 is 11.6 Å².